The summed E-state index contributed by atoms with van der Waals surface area (Å²) in [5.41, 5.74) is 0. The first-order valence-electron chi connectivity index (χ1n) is 5.43. The molecule has 0 N–H and O–H groups in total. The molecule has 0 aromatic carbocycles. The fraction of sp³-hybridized carbons (Fsp3) is 0.800. The molecule has 0 radical (unpaired) electrons. The molecule has 1 aliphatic heterocycles. The summed E-state index contributed by atoms with van der Waals surface area (Å²) >= 11 is 5.72. The highest BCUT2D eigenvalue weighted by Gasteiger charge is 2.25. The van der Waals surface area contributed by atoms with E-state index in [9.17, 15) is 10.1 Å². The summed E-state index contributed by atoms with van der Waals surface area (Å²) in [6, 6.07) is 0. The Labute approximate surface area is 106 Å². The fourth-order valence-corrected chi connectivity index (χ4v) is 2.28. The molecule has 1 rings (SSSR count). The predicted molar refractivity (Wildman–Crippen MR) is 65.1 cm³/mol. The van der Waals surface area contributed by atoms with Crippen LogP contribution in [0.15, 0.2) is 11.0 Å². The van der Waals surface area contributed by atoms with Crippen molar-refractivity contribution in [2.75, 3.05) is 40.9 Å². The molecular weight excluding hydrogens is 246 g/mol. The monoisotopic (exact) mass is 263 g/mol. The van der Waals surface area contributed by atoms with Crippen molar-refractivity contribution < 1.29 is 9.66 Å². The van der Waals surface area contributed by atoms with Gasteiger partial charge in [0.1, 0.15) is 0 Å². The maximum absolute atomic E-state index is 10.7. The molecule has 0 aliphatic carbocycles. The van der Waals surface area contributed by atoms with E-state index in [0.717, 1.165) is 13.0 Å². The van der Waals surface area contributed by atoms with Crippen molar-refractivity contribution >= 4 is 11.6 Å². The van der Waals surface area contributed by atoms with E-state index in [1.54, 1.807) is 26.0 Å². The number of halogens is 1. The van der Waals surface area contributed by atoms with E-state index in [-0.39, 0.29) is 5.16 Å². The third kappa shape index (κ3) is 3.74. The van der Waals surface area contributed by atoms with Gasteiger partial charge in [0, 0.05) is 40.2 Å². The molecule has 0 saturated carbocycles. The highest BCUT2D eigenvalue weighted by molar-refractivity contribution is 6.28. The van der Waals surface area contributed by atoms with Gasteiger partial charge in [-0.1, -0.05) is 0 Å². The molecule has 0 aromatic heterocycles. The number of hydrogen-bond acceptors (Lipinski definition) is 5. The van der Waals surface area contributed by atoms with Gasteiger partial charge in [-0.3, -0.25) is 10.1 Å². The third-order valence-electron chi connectivity index (χ3n) is 2.69. The van der Waals surface area contributed by atoms with Crippen LogP contribution in [0.5, 0.6) is 0 Å². The second-order valence-electron chi connectivity index (χ2n) is 4.38. The van der Waals surface area contributed by atoms with Gasteiger partial charge in [-0.05, 0) is 18.0 Å². The van der Waals surface area contributed by atoms with Gasteiger partial charge in [-0.15, -0.1) is 0 Å². The summed E-state index contributed by atoms with van der Waals surface area (Å²) in [6.07, 6.45) is 0.987. The minimum absolute atomic E-state index is 0.351. The average Bonchev–Trinajstić information content (AvgIpc) is 2.69. The van der Waals surface area contributed by atoms with Crippen LogP contribution in [0.1, 0.15) is 6.42 Å². The number of nitrogens with zero attached hydrogens (tertiary/aromatic N) is 3. The molecule has 0 aromatic rings. The van der Waals surface area contributed by atoms with Crippen LogP contribution in [0.2, 0.25) is 0 Å². The molecule has 7 heteroatoms. The van der Waals surface area contributed by atoms with E-state index in [2.05, 4.69) is 0 Å². The molecular formula is C10H18ClN3O3. The lowest BCUT2D eigenvalue weighted by molar-refractivity contribution is -0.415. The molecule has 6 nitrogen and oxygen atoms in total. The maximum atomic E-state index is 10.7. The number of ether oxygens (including phenoxy) is 1. The van der Waals surface area contributed by atoms with Crippen LogP contribution in [0.4, 0.5) is 0 Å². The van der Waals surface area contributed by atoms with E-state index in [0.29, 0.717) is 24.9 Å². The third-order valence-corrected chi connectivity index (χ3v) is 2.99. The quantitative estimate of drug-likeness (QED) is 0.423. The van der Waals surface area contributed by atoms with Crippen LogP contribution in [0.25, 0.3) is 0 Å². The van der Waals surface area contributed by atoms with Crippen molar-refractivity contribution in [2.24, 2.45) is 5.92 Å². The van der Waals surface area contributed by atoms with Gasteiger partial charge in [0.05, 0.1) is 11.5 Å². The Kier molecular flexibility index (Phi) is 5.02. The first kappa shape index (κ1) is 14.1. The van der Waals surface area contributed by atoms with Crippen molar-refractivity contribution in [3.8, 4) is 0 Å². The summed E-state index contributed by atoms with van der Waals surface area (Å²) < 4.78 is 5.28. The normalized spacial score (nSPS) is 21.1. The summed E-state index contributed by atoms with van der Waals surface area (Å²) in [5.74, 6) is 0.828. The van der Waals surface area contributed by atoms with Crippen molar-refractivity contribution in [2.45, 2.75) is 6.42 Å². The zero-order valence-corrected chi connectivity index (χ0v) is 11.1. The van der Waals surface area contributed by atoms with Gasteiger partial charge >= 0.3 is 5.16 Å². The highest BCUT2D eigenvalue weighted by atomic mass is 35.5. The molecule has 1 atom stereocenters. The highest BCUT2D eigenvalue weighted by Crippen LogP contribution is 2.20. The average molecular weight is 264 g/mol. The van der Waals surface area contributed by atoms with Crippen LogP contribution in [-0.4, -0.2) is 55.6 Å². The Morgan fingerprint density at radius 2 is 2.18 bits per heavy atom. The largest absolute Gasteiger partial charge is 0.381 e. The van der Waals surface area contributed by atoms with E-state index in [4.69, 9.17) is 16.3 Å². The SMILES string of the molecule is CN(C)C(=C(Cl)[N+](=O)[O-])N(C)CC1CCOC1. The van der Waals surface area contributed by atoms with Crippen LogP contribution < -0.4 is 0 Å². The Morgan fingerprint density at radius 3 is 2.59 bits per heavy atom. The van der Waals surface area contributed by atoms with Crippen molar-refractivity contribution in [1.29, 1.82) is 0 Å². The Morgan fingerprint density at radius 1 is 1.53 bits per heavy atom. The van der Waals surface area contributed by atoms with Crippen molar-refractivity contribution in [3.05, 3.63) is 21.1 Å². The molecule has 0 spiro atoms. The lowest BCUT2D eigenvalue weighted by Crippen LogP contribution is -2.33. The van der Waals surface area contributed by atoms with Crippen LogP contribution in [0.3, 0.4) is 0 Å². The molecule has 17 heavy (non-hydrogen) atoms. The summed E-state index contributed by atoms with van der Waals surface area (Å²) in [6.45, 7) is 2.18. The Bertz CT molecular complexity index is 314. The predicted octanol–water partition coefficient (Wildman–Crippen LogP) is 1.16. The lowest BCUT2D eigenvalue weighted by Gasteiger charge is -2.28. The second kappa shape index (κ2) is 6.07. The van der Waals surface area contributed by atoms with E-state index >= 15 is 0 Å². The topological polar surface area (TPSA) is 58.8 Å². The van der Waals surface area contributed by atoms with Gasteiger partial charge in [0.2, 0.25) is 0 Å². The molecule has 0 amide bonds. The van der Waals surface area contributed by atoms with Crippen LogP contribution in [0, 0.1) is 16.0 Å². The molecule has 98 valence electrons. The minimum atomic E-state index is -0.571. The molecule has 1 aliphatic rings. The fourth-order valence-electron chi connectivity index (χ4n) is 1.97. The number of rotatable bonds is 5. The minimum Gasteiger partial charge on any atom is -0.381 e. The summed E-state index contributed by atoms with van der Waals surface area (Å²) in [7, 11) is 5.28. The maximum Gasteiger partial charge on any atom is 0.377 e. The number of nitro groups is 1. The Hall–Kier alpha value is -1.01. The van der Waals surface area contributed by atoms with Gasteiger partial charge in [0.15, 0.2) is 5.82 Å². The van der Waals surface area contributed by atoms with Crippen LogP contribution in [-0.2, 0) is 4.74 Å². The van der Waals surface area contributed by atoms with E-state index < -0.39 is 4.92 Å². The summed E-state index contributed by atoms with van der Waals surface area (Å²) in [5, 5.41) is 10.4. The van der Waals surface area contributed by atoms with Crippen LogP contribution >= 0.6 is 11.6 Å². The molecule has 1 fully saturated rings. The first-order chi connectivity index (χ1) is 7.93. The number of hydrogen-bond donors (Lipinski definition) is 0. The standard InChI is InChI=1S/C10H18ClN3O3/c1-12(2)10(9(11)14(15)16)13(3)6-8-4-5-17-7-8/h8H,4-7H2,1-3H3. The zero-order valence-electron chi connectivity index (χ0n) is 10.4. The van der Waals surface area contributed by atoms with Crippen molar-refractivity contribution in [3.63, 3.8) is 0 Å². The smallest absolute Gasteiger partial charge is 0.377 e. The molecule has 1 unspecified atom stereocenters. The molecule has 1 heterocycles. The lowest BCUT2D eigenvalue weighted by atomic mass is 10.1. The van der Waals surface area contributed by atoms with E-state index in [1.807, 2.05) is 4.90 Å². The van der Waals surface area contributed by atoms with Gasteiger partial charge < -0.3 is 14.5 Å². The van der Waals surface area contributed by atoms with E-state index in [1.165, 1.54) is 0 Å². The first-order valence-corrected chi connectivity index (χ1v) is 5.81. The molecule has 1 saturated heterocycles. The van der Waals surface area contributed by atoms with Gasteiger partial charge in [-0.25, -0.2) is 0 Å². The van der Waals surface area contributed by atoms with Crippen molar-refractivity contribution in [1.82, 2.24) is 9.80 Å². The van der Waals surface area contributed by atoms with Gasteiger partial charge in [-0.2, -0.15) is 0 Å². The molecule has 0 bridgehead atoms. The zero-order chi connectivity index (χ0) is 13.0. The Balaban J connectivity index is 2.76. The summed E-state index contributed by atoms with van der Waals surface area (Å²) in [4.78, 5) is 13.6. The van der Waals surface area contributed by atoms with Gasteiger partial charge in [0.25, 0.3) is 0 Å². The second-order valence-corrected chi connectivity index (χ2v) is 4.73.